The third-order valence-electron chi connectivity index (χ3n) is 6.08. The van der Waals surface area contributed by atoms with Crippen LogP contribution in [0.25, 0.3) is 20.8 Å². The molecule has 4 aromatic rings. The van der Waals surface area contributed by atoms with Crippen LogP contribution >= 0.6 is 11.3 Å². The number of aryl methyl sites for hydroxylation is 1. The number of fused-ring (bicyclic) bond motifs is 1. The second-order valence-corrected chi connectivity index (χ2v) is 9.46. The van der Waals surface area contributed by atoms with Crippen LogP contribution in [0.4, 0.5) is 17.5 Å². The van der Waals surface area contributed by atoms with Gasteiger partial charge < -0.3 is 31.1 Å². The summed E-state index contributed by atoms with van der Waals surface area (Å²) in [6.45, 7) is 1.66. The maximum Gasteiger partial charge on any atom is 0.229 e. The van der Waals surface area contributed by atoms with Crippen LogP contribution in [0.3, 0.4) is 0 Å². The smallest absolute Gasteiger partial charge is 0.229 e. The Morgan fingerprint density at radius 2 is 1.76 bits per heavy atom. The van der Waals surface area contributed by atoms with Crippen LogP contribution in [0.2, 0.25) is 0 Å². The molecule has 5 rings (SSSR count). The minimum Gasteiger partial charge on any atom is -0.508 e. The van der Waals surface area contributed by atoms with Gasteiger partial charge in [-0.25, -0.2) is 9.97 Å². The van der Waals surface area contributed by atoms with Crippen LogP contribution in [0.15, 0.2) is 48.5 Å². The van der Waals surface area contributed by atoms with Gasteiger partial charge >= 0.3 is 0 Å². The number of aromatic hydroxyl groups is 1. The number of phenols is 1. The lowest BCUT2D eigenvalue weighted by Gasteiger charge is -2.21. The Bertz CT molecular complexity index is 1280. The lowest BCUT2D eigenvalue weighted by Crippen LogP contribution is -2.35. The number of nitrogens with one attached hydrogen (secondary N) is 2. The molecule has 1 aliphatic carbocycles. The highest BCUT2D eigenvalue weighted by Gasteiger charge is 2.41. The SMILES string of the molecule is Cc1nc(Nc2ccc(O)cc2)nc(NC2CC(CO)C(O)C2O)c1-c1nc2ccccc2s1. The molecule has 10 heteroatoms. The Morgan fingerprint density at radius 1 is 1.00 bits per heavy atom. The number of nitrogens with zero attached hydrogens (tertiary/aromatic N) is 3. The number of aliphatic hydroxyl groups is 3. The van der Waals surface area contributed by atoms with Crippen molar-refractivity contribution in [3.63, 3.8) is 0 Å². The zero-order chi connectivity index (χ0) is 23.8. The summed E-state index contributed by atoms with van der Waals surface area (Å²) in [5.41, 5.74) is 2.97. The molecule has 4 atom stereocenters. The van der Waals surface area contributed by atoms with E-state index in [1.54, 1.807) is 24.3 Å². The van der Waals surface area contributed by atoms with E-state index >= 15 is 0 Å². The normalized spacial score (nSPS) is 22.2. The van der Waals surface area contributed by atoms with E-state index in [0.717, 1.165) is 15.2 Å². The van der Waals surface area contributed by atoms with Gasteiger partial charge in [-0.3, -0.25) is 0 Å². The number of phenolic OH excluding ortho intramolecular Hbond substituents is 1. The minimum atomic E-state index is -1.05. The number of hydrogen-bond donors (Lipinski definition) is 6. The number of anilines is 3. The first-order chi connectivity index (χ1) is 16.4. The molecule has 0 radical (unpaired) electrons. The molecule has 1 fully saturated rings. The molecule has 0 amide bonds. The highest BCUT2D eigenvalue weighted by atomic mass is 32.1. The molecule has 0 bridgehead atoms. The molecule has 6 N–H and O–H groups in total. The molecular formula is C24H25N5O4S. The van der Waals surface area contributed by atoms with E-state index in [2.05, 4.69) is 20.6 Å². The van der Waals surface area contributed by atoms with Crippen molar-refractivity contribution >= 4 is 39.0 Å². The van der Waals surface area contributed by atoms with E-state index < -0.39 is 24.2 Å². The summed E-state index contributed by atoms with van der Waals surface area (Å²) in [4.78, 5) is 14.1. The molecule has 2 aromatic carbocycles. The Kier molecular flexibility index (Phi) is 6.05. The van der Waals surface area contributed by atoms with Crippen LogP contribution in [0, 0.1) is 12.8 Å². The Labute approximate surface area is 199 Å². The van der Waals surface area contributed by atoms with Gasteiger partial charge in [-0.05, 0) is 49.7 Å². The molecule has 2 heterocycles. The number of rotatable bonds is 6. The van der Waals surface area contributed by atoms with Gasteiger partial charge in [-0.15, -0.1) is 11.3 Å². The van der Waals surface area contributed by atoms with Crippen molar-refractivity contribution in [1.82, 2.24) is 15.0 Å². The van der Waals surface area contributed by atoms with Crippen molar-refractivity contribution in [1.29, 1.82) is 0 Å². The average molecular weight is 480 g/mol. The van der Waals surface area contributed by atoms with Gasteiger partial charge in [0.2, 0.25) is 5.95 Å². The van der Waals surface area contributed by atoms with Gasteiger partial charge in [0.15, 0.2) is 0 Å². The molecular weight excluding hydrogens is 454 g/mol. The molecule has 0 spiro atoms. The first-order valence-corrected chi connectivity index (χ1v) is 11.8. The van der Waals surface area contributed by atoms with Gasteiger partial charge in [0.25, 0.3) is 0 Å². The molecule has 2 aromatic heterocycles. The second kappa shape index (κ2) is 9.15. The van der Waals surface area contributed by atoms with E-state index in [-0.39, 0.29) is 12.4 Å². The van der Waals surface area contributed by atoms with Crippen molar-refractivity contribution in [3.8, 4) is 16.3 Å². The maximum absolute atomic E-state index is 10.6. The third kappa shape index (κ3) is 4.28. The van der Waals surface area contributed by atoms with Crippen LogP contribution in [-0.4, -0.2) is 60.2 Å². The fourth-order valence-corrected chi connectivity index (χ4v) is 5.33. The highest BCUT2D eigenvalue weighted by molar-refractivity contribution is 7.21. The summed E-state index contributed by atoms with van der Waals surface area (Å²) in [7, 11) is 0. The summed E-state index contributed by atoms with van der Waals surface area (Å²) in [6.07, 6.45) is -1.68. The predicted molar refractivity (Wildman–Crippen MR) is 131 cm³/mol. The Balaban J connectivity index is 1.56. The summed E-state index contributed by atoms with van der Waals surface area (Å²) < 4.78 is 1.03. The van der Waals surface area contributed by atoms with Crippen LogP contribution in [-0.2, 0) is 0 Å². The van der Waals surface area contributed by atoms with Crippen molar-refractivity contribution in [2.75, 3.05) is 17.2 Å². The van der Waals surface area contributed by atoms with Gasteiger partial charge in [-0.1, -0.05) is 12.1 Å². The quantitative estimate of drug-likeness (QED) is 0.230. The van der Waals surface area contributed by atoms with Crippen molar-refractivity contribution in [3.05, 3.63) is 54.2 Å². The van der Waals surface area contributed by atoms with Gasteiger partial charge in [0.1, 0.15) is 22.7 Å². The lowest BCUT2D eigenvalue weighted by molar-refractivity contribution is 0.00446. The third-order valence-corrected chi connectivity index (χ3v) is 7.13. The fraction of sp³-hybridized carbons (Fsp3) is 0.292. The Morgan fingerprint density at radius 3 is 2.47 bits per heavy atom. The van der Waals surface area contributed by atoms with E-state index in [1.165, 1.54) is 11.3 Å². The van der Waals surface area contributed by atoms with Crippen LogP contribution < -0.4 is 10.6 Å². The topological polar surface area (TPSA) is 144 Å². The standard InChI is InChI=1S/C24H25N5O4S/c1-12-19(23-28-16-4-2-3-5-18(16)34-23)22(27-17-10-13(11-30)20(32)21(17)33)29-24(25-12)26-14-6-8-15(31)9-7-14/h2-9,13,17,20-21,30-33H,10-11H2,1H3,(H2,25,26,27,29). The number of aliphatic hydroxyl groups excluding tert-OH is 3. The molecule has 1 saturated carbocycles. The molecule has 9 nitrogen and oxygen atoms in total. The lowest BCUT2D eigenvalue weighted by atomic mass is 10.1. The van der Waals surface area contributed by atoms with Gasteiger partial charge in [0, 0.05) is 18.2 Å². The summed E-state index contributed by atoms with van der Waals surface area (Å²) in [6, 6.07) is 13.9. The van der Waals surface area contributed by atoms with Crippen molar-refractivity contribution in [2.24, 2.45) is 5.92 Å². The zero-order valence-corrected chi connectivity index (χ0v) is 19.2. The summed E-state index contributed by atoms with van der Waals surface area (Å²) in [5, 5.41) is 47.1. The van der Waals surface area contributed by atoms with Crippen LogP contribution in [0.1, 0.15) is 12.1 Å². The first-order valence-electron chi connectivity index (χ1n) is 11.0. The molecule has 34 heavy (non-hydrogen) atoms. The maximum atomic E-state index is 10.6. The molecule has 4 unspecified atom stereocenters. The number of aromatic nitrogens is 3. The second-order valence-electron chi connectivity index (χ2n) is 8.43. The fourth-order valence-electron chi connectivity index (χ4n) is 4.27. The van der Waals surface area contributed by atoms with Gasteiger partial charge in [0.05, 0.1) is 33.6 Å². The van der Waals surface area contributed by atoms with Crippen molar-refractivity contribution < 1.29 is 20.4 Å². The summed E-state index contributed by atoms with van der Waals surface area (Å²) in [5.74, 6) is 0.546. The van der Waals surface area contributed by atoms with Crippen LogP contribution in [0.5, 0.6) is 5.75 Å². The predicted octanol–water partition coefficient (Wildman–Crippen LogP) is 3.03. The van der Waals surface area contributed by atoms with E-state index in [4.69, 9.17) is 4.98 Å². The highest BCUT2D eigenvalue weighted by Crippen LogP contribution is 2.38. The van der Waals surface area contributed by atoms with E-state index in [9.17, 15) is 20.4 Å². The summed E-state index contributed by atoms with van der Waals surface area (Å²) >= 11 is 1.52. The average Bonchev–Trinajstić information content (AvgIpc) is 3.36. The largest absolute Gasteiger partial charge is 0.508 e. The number of hydrogen-bond acceptors (Lipinski definition) is 10. The monoisotopic (exact) mass is 479 g/mol. The molecule has 176 valence electrons. The Hall–Kier alpha value is -3.31. The first kappa shape index (κ1) is 22.5. The number of para-hydroxylation sites is 1. The van der Waals surface area contributed by atoms with Gasteiger partial charge in [-0.2, -0.15) is 4.98 Å². The zero-order valence-electron chi connectivity index (χ0n) is 18.4. The number of benzene rings is 2. The van der Waals surface area contributed by atoms with Crippen molar-refractivity contribution in [2.45, 2.75) is 31.6 Å². The molecule has 1 aliphatic rings. The van der Waals surface area contributed by atoms with E-state index in [1.807, 2.05) is 31.2 Å². The molecule has 0 aliphatic heterocycles. The van der Waals surface area contributed by atoms with E-state index in [0.29, 0.717) is 35.1 Å². The molecule has 0 saturated heterocycles. The minimum absolute atomic E-state index is 0.156. The number of thiazole rings is 1.